The van der Waals surface area contributed by atoms with Gasteiger partial charge in [-0.25, -0.2) is 4.79 Å². The van der Waals surface area contributed by atoms with Gasteiger partial charge in [0.25, 0.3) is 0 Å². The van der Waals surface area contributed by atoms with E-state index in [4.69, 9.17) is 12.7 Å². The largest absolute Gasteiger partial charge is 0.444 e. The number of aliphatic hydroxyl groups is 1. The van der Waals surface area contributed by atoms with Crippen molar-refractivity contribution in [1.29, 1.82) is 0 Å². The van der Waals surface area contributed by atoms with Crippen LogP contribution >= 0.6 is 0 Å². The second kappa shape index (κ2) is 4.41. The van der Waals surface area contributed by atoms with Crippen LogP contribution in [0.1, 0.15) is 20.8 Å². The lowest BCUT2D eigenvalue weighted by molar-refractivity contribution is 0.0270. The molecule has 1 aliphatic rings. The predicted molar refractivity (Wildman–Crippen MR) is 56.5 cm³/mol. The molecule has 0 bridgehead atoms. The number of nitrogens with zero attached hydrogens (tertiary/aromatic N) is 1. The van der Waals surface area contributed by atoms with E-state index >= 15 is 0 Å². The Balaban J connectivity index is 2.50. The Morgan fingerprint density at radius 2 is 2.13 bits per heavy atom. The van der Waals surface area contributed by atoms with Crippen LogP contribution in [0.15, 0.2) is 0 Å². The second-order valence-electron chi connectivity index (χ2n) is 4.73. The fraction of sp³-hybridized carbons (Fsp3) is 0.889. The first-order valence-electron chi connectivity index (χ1n) is 4.95. The van der Waals surface area contributed by atoms with Crippen LogP contribution in [-0.4, -0.2) is 54.9 Å². The Labute approximate surface area is 91.2 Å². The molecule has 5 nitrogen and oxygen atoms in total. The number of carbonyl (C=O) groups is 1. The van der Waals surface area contributed by atoms with Crippen molar-refractivity contribution >= 4 is 14.1 Å². The van der Waals surface area contributed by atoms with Crippen molar-refractivity contribution in [2.45, 2.75) is 38.5 Å². The van der Waals surface area contributed by atoms with E-state index in [1.807, 2.05) is 0 Å². The summed E-state index contributed by atoms with van der Waals surface area (Å²) in [5.74, 6) is 0. The van der Waals surface area contributed by atoms with Gasteiger partial charge in [0.2, 0.25) is 0 Å². The molecule has 1 amide bonds. The minimum Gasteiger partial charge on any atom is -0.444 e. The first-order valence-corrected chi connectivity index (χ1v) is 4.95. The number of nitrogens with one attached hydrogen (secondary N) is 1. The molecule has 0 unspecified atom stereocenters. The Morgan fingerprint density at radius 3 is 2.53 bits per heavy atom. The molecule has 84 valence electrons. The molecule has 0 saturated carbocycles. The minimum atomic E-state index is -0.637. The van der Waals surface area contributed by atoms with E-state index in [1.54, 1.807) is 20.8 Å². The maximum Gasteiger partial charge on any atom is 0.410 e. The van der Waals surface area contributed by atoms with Crippen molar-refractivity contribution in [1.82, 2.24) is 10.1 Å². The van der Waals surface area contributed by atoms with E-state index in [1.165, 1.54) is 4.90 Å². The van der Waals surface area contributed by atoms with Crippen molar-refractivity contribution in [2.75, 3.05) is 13.1 Å². The fourth-order valence-corrected chi connectivity index (χ4v) is 1.43. The lowest BCUT2D eigenvalue weighted by Gasteiger charge is -2.24. The SMILES string of the molecule is [B]N[C@H]1CN(C(=O)OC(C)(C)C)C[C@H]1O. The highest BCUT2D eigenvalue weighted by Crippen LogP contribution is 2.15. The zero-order valence-corrected chi connectivity index (χ0v) is 9.36. The number of aliphatic hydroxyl groups excluding tert-OH is 1. The predicted octanol–water partition coefficient (Wildman–Crippen LogP) is -0.360. The molecule has 0 aromatic rings. The molecule has 1 saturated heterocycles. The summed E-state index contributed by atoms with van der Waals surface area (Å²) in [4.78, 5) is 13.0. The van der Waals surface area contributed by atoms with Crippen LogP contribution in [-0.2, 0) is 4.74 Å². The van der Waals surface area contributed by atoms with Gasteiger partial charge in [0.1, 0.15) is 5.60 Å². The average molecular weight is 212 g/mol. The molecule has 0 spiro atoms. The molecule has 1 fully saturated rings. The third-order valence-electron chi connectivity index (χ3n) is 2.15. The monoisotopic (exact) mass is 212 g/mol. The van der Waals surface area contributed by atoms with Crippen LogP contribution in [0, 0.1) is 0 Å². The summed E-state index contributed by atoms with van der Waals surface area (Å²) < 4.78 is 5.17. The number of ether oxygens (including phenoxy) is 1. The highest BCUT2D eigenvalue weighted by Gasteiger charge is 2.34. The molecule has 2 N–H and O–H groups in total. The minimum absolute atomic E-state index is 0.254. The first-order chi connectivity index (χ1) is 6.83. The van der Waals surface area contributed by atoms with Crippen molar-refractivity contribution in [2.24, 2.45) is 0 Å². The van der Waals surface area contributed by atoms with Crippen molar-refractivity contribution in [3.05, 3.63) is 0 Å². The van der Waals surface area contributed by atoms with Gasteiger partial charge in [0, 0.05) is 12.6 Å². The summed E-state index contributed by atoms with van der Waals surface area (Å²) in [5, 5.41) is 12.0. The van der Waals surface area contributed by atoms with Crippen molar-refractivity contribution < 1.29 is 14.6 Å². The van der Waals surface area contributed by atoms with Gasteiger partial charge in [-0.15, -0.1) is 0 Å². The molecule has 1 rings (SSSR count). The molecule has 6 heteroatoms. The van der Waals surface area contributed by atoms with Gasteiger partial charge in [0.05, 0.1) is 12.6 Å². The summed E-state index contributed by atoms with van der Waals surface area (Å²) in [7, 11) is 5.23. The van der Waals surface area contributed by atoms with Crippen LogP contribution in [0.5, 0.6) is 0 Å². The maximum atomic E-state index is 11.6. The topological polar surface area (TPSA) is 61.8 Å². The number of rotatable bonds is 1. The zero-order valence-electron chi connectivity index (χ0n) is 9.36. The van der Waals surface area contributed by atoms with Gasteiger partial charge in [0.15, 0.2) is 7.98 Å². The number of likely N-dealkylation sites (tertiary alicyclic amines) is 1. The lowest BCUT2D eigenvalue weighted by Crippen LogP contribution is -2.38. The van der Waals surface area contributed by atoms with Crippen LogP contribution in [0.25, 0.3) is 0 Å². The highest BCUT2D eigenvalue weighted by molar-refractivity contribution is 6.04. The van der Waals surface area contributed by atoms with E-state index in [9.17, 15) is 9.90 Å². The molecule has 0 aromatic carbocycles. The molecule has 2 atom stereocenters. The first kappa shape index (κ1) is 12.3. The van der Waals surface area contributed by atoms with E-state index in [-0.39, 0.29) is 12.6 Å². The number of amides is 1. The van der Waals surface area contributed by atoms with Gasteiger partial charge < -0.3 is 20.0 Å². The molecular weight excluding hydrogens is 195 g/mol. The standard InChI is InChI=1S/C9H17BN2O3/c1-9(2,3)15-8(14)12-4-6(11-10)7(13)5-12/h6-7,11,13H,4-5H2,1-3H3/t6-,7+/m0/s1. The summed E-state index contributed by atoms with van der Waals surface area (Å²) in [6.45, 7) is 6.03. The number of hydrogen-bond acceptors (Lipinski definition) is 4. The third-order valence-corrected chi connectivity index (χ3v) is 2.15. The molecule has 15 heavy (non-hydrogen) atoms. The summed E-state index contributed by atoms with van der Waals surface area (Å²) in [6, 6.07) is -0.280. The van der Waals surface area contributed by atoms with Crippen LogP contribution in [0.4, 0.5) is 4.79 Å². The van der Waals surface area contributed by atoms with Crippen LogP contribution in [0.2, 0.25) is 0 Å². The third kappa shape index (κ3) is 3.39. The molecule has 0 aliphatic carbocycles. The van der Waals surface area contributed by atoms with Gasteiger partial charge in [-0.1, -0.05) is 0 Å². The number of β-amino-alcohol motifs (C(OH)–C–C–N with tert-alkyl or cyclic N) is 1. The Bertz CT molecular complexity index is 242. The Kier molecular flexibility index (Phi) is 3.62. The zero-order chi connectivity index (χ0) is 11.6. The van der Waals surface area contributed by atoms with E-state index in [0.717, 1.165) is 0 Å². The lowest BCUT2D eigenvalue weighted by atomic mass is 10.2. The number of carbonyl (C=O) groups excluding carboxylic acids is 1. The average Bonchev–Trinajstić information content (AvgIpc) is 2.43. The van der Waals surface area contributed by atoms with Crippen LogP contribution in [0.3, 0.4) is 0 Å². The van der Waals surface area contributed by atoms with Gasteiger partial charge in [-0.2, -0.15) is 0 Å². The summed E-state index contributed by atoms with van der Waals surface area (Å²) in [6.07, 6.45) is -1.05. The quantitative estimate of drug-likeness (QED) is 0.582. The number of hydrogen-bond donors (Lipinski definition) is 2. The maximum absolute atomic E-state index is 11.6. The van der Waals surface area contributed by atoms with Crippen LogP contribution < -0.4 is 5.23 Å². The van der Waals surface area contributed by atoms with Gasteiger partial charge in [-0.3, -0.25) is 0 Å². The van der Waals surface area contributed by atoms with E-state index in [0.29, 0.717) is 6.54 Å². The Hall–Kier alpha value is -0.745. The summed E-state index contributed by atoms with van der Waals surface area (Å²) in [5.41, 5.74) is -0.518. The molecule has 0 aromatic heterocycles. The van der Waals surface area contributed by atoms with Crippen molar-refractivity contribution in [3.8, 4) is 0 Å². The van der Waals surface area contributed by atoms with Gasteiger partial charge >= 0.3 is 6.09 Å². The second-order valence-corrected chi connectivity index (χ2v) is 4.73. The molecular formula is C9H17BN2O3. The summed E-state index contributed by atoms with van der Waals surface area (Å²) >= 11 is 0. The van der Waals surface area contributed by atoms with E-state index in [2.05, 4.69) is 5.23 Å². The molecule has 1 heterocycles. The highest BCUT2D eigenvalue weighted by atomic mass is 16.6. The smallest absolute Gasteiger partial charge is 0.410 e. The molecule has 2 radical (unpaired) electrons. The normalized spacial score (nSPS) is 26.8. The Morgan fingerprint density at radius 1 is 1.53 bits per heavy atom. The van der Waals surface area contributed by atoms with Gasteiger partial charge in [-0.05, 0) is 20.8 Å². The fourth-order valence-electron chi connectivity index (χ4n) is 1.43. The van der Waals surface area contributed by atoms with Crippen molar-refractivity contribution in [3.63, 3.8) is 0 Å². The molecule has 1 aliphatic heterocycles. The van der Waals surface area contributed by atoms with E-state index < -0.39 is 17.8 Å².